The molecule has 0 amide bonds. The zero-order valence-corrected chi connectivity index (χ0v) is 17.1. The predicted molar refractivity (Wildman–Crippen MR) is 107 cm³/mol. The largest absolute Gasteiger partial charge is 0.379 e. The second-order valence-corrected chi connectivity index (χ2v) is 8.30. The highest BCUT2D eigenvalue weighted by Crippen LogP contribution is 2.41. The second-order valence-electron chi connectivity index (χ2n) is 8.30. The van der Waals surface area contributed by atoms with Crippen molar-refractivity contribution in [2.45, 2.75) is 31.0 Å². The van der Waals surface area contributed by atoms with Crippen LogP contribution in [0.15, 0.2) is 18.2 Å². The topological polar surface area (TPSA) is 28.2 Å². The fraction of sp³-hybridized carbons (Fsp3) is 0.682. The quantitative estimate of drug-likeness (QED) is 0.722. The number of halogens is 2. The maximum Gasteiger partial charge on any atom is 0.128 e. The molecule has 7 heteroatoms. The summed E-state index contributed by atoms with van der Waals surface area (Å²) in [7, 11) is 0. The lowest BCUT2D eigenvalue weighted by Crippen LogP contribution is -2.62. The molecule has 3 aliphatic rings. The van der Waals surface area contributed by atoms with Gasteiger partial charge in [-0.15, -0.1) is 0 Å². The second kappa shape index (κ2) is 9.35. The van der Waals surface area contributed by atoms with Gasteiger partial charge in [-0.1, -0.05) is 0 Å². The molecule has 0 aromatic heterocycles. The molecule has 0 bridgehead atoms. The molecule has 3 fully saturated rings. The summed E-state index contributed by atoms with van der Waals surface area (Å²) in [5.74, 6) is -0.719. The summed E-state index contributed by atoms with van der Waals surface area (Å²) in [6, 6.07) is 3.64. The molecular formula is C22H32F2N3O2. The van der Waals surface area contributed by atoms with Crippen molar-refractivity contribution < 1.29 is 18.3 Å². The Morgan fingerprint density at radius 3 is 2.41 bits per heavy atom. The van der Waals surface area contributed by atoms with Gasteiger partial charge in [-0.2, -0.15) is 0 Å². The number of hydrogen-bond donors (Lipinski definition) is 0. The van der Waals surface area contributed by atoms with Crippen molar-refractivity contribution in [2.24, 2.45) is 0 Å². The Kier molecular flexibility index (Phi) is 6.81. The zero-order chi connectivity index (χ0) is 20.3. The van der Waals surface area contributed by atoms with Crippen LogP contribution >= 0.6 is 0 Å². The first kappa shape index (κ1) is 21.1. The number of rotatable bonds is 6. The van der Waals surface area contributed by atoms with E-state index in [1.165, 1.54) is 18.2 Å². The van der Waals surface area contributed by atoms with E-state index in [4.69, 9.17) is 16.4 Å². The van der Waals surface area contributed by atoms with E-state index < -0.39 is 5.66 Å². The summed E-state index contributed by atoms with van der Waals surface area (Å²) in [6.07, 6.45) is 2.62. The number of likely N-dealkylation sites (tertiary alicyclic amines) is 1. The monoisotopic (exact) mass is 408 g/mol. The van der Waals surface area contributed by atoms with Crippen LogP contribution < -0.4 is 0 Å². The molecule has 3 aliphatic heterocycles. The maximum atomic E-state index is 14.6. The number of nitrogens with zero attached hydrogens (tertiary/aromatic N) is 3. The molecule has 161 valence electrons. The van der Waals surface area contributed by atoms with Gasteiger partial charge >= 0.3 is 0 Å². The van der Waals surface area contributed by atoms with Crippen LogP contribution in [0.4, 0.5) is 8.78 Å². The Morgan fingerprint density at radius 1 is 1.00 bits per heavy atom. The lowest BCUT2D eigenvalue weighted by atomic mass is 9.97. The van der Waals surface area contributed by atoms with Gasteiger partial charge in [0.25, 0.3) is 0 Å². The van der Waals surface area contributed by atoms with Crippen molar-refractivity contribution in [3.63, 3.8) is 0 Å². The fourth-order valence-electron chi connectivity index (χ4n) is 4.98. The van der Waals surface area contributed by atoms with Crippen LogP contribution in [-0.4, -0.2) is 86.1 Å². The van der Waals surface area contributed by atoms with E-state index in [-0.39, 0.29) is 17.7 Å². The van der Waals surface area contributed by atoms with Crippen molar-refractivity contribution in [1.82, 2.24) is 14.7 Å². The minimum Gasteiger partial charge on any atom is -0.379 e. The molecule has 1 radical (unpaired) electrons. The Bertz CT molecular complexity index is 680. The van der Waals surface area contributed by atoms with Gasteiger partial charge in [0.05, 0.1) is 32.1 Å². The van der Waals surface area contributed by atoms with Crippen molar-refractivity contribution in [2.75, 3.05) is 65.7 Å². The number of benzene rings is 1. The molecule has 5 nitrogen and oxygen atoms in total. The Hall–Kier alpha value is -1.12. The zero-order valence-electron chi connectivity index (χ0n) is 17.1. The third-order valence-corrected chi connectivity index (χ3v) is 6.64. The molecule has 3 heterocycles. The average molecular weight is 409 g/mol. The van der Waals surface area contributed by atoms with Crippen LogP contribution in [0.5, 0.6) is 0 Å². The normalized spacial score (nSPS) is 27.2. The molecule has 2 atom stereocenters. The average Bonchev–Trinajstić information content (AvgIpc) is 3.25. The summed E-state index contributed by atoms with van der Waals surface area (Å²) in [5.41, 5.74) is -0.0164. The highest BCUT2D eigenvalue weighted by atomic mass is 19.1. The van der Waals surface area contributed by atoms with Gasteiger partial charge < -0.3 is 9.47 Å². The third-order valence-electron chi connectivity index (χ3n) is 6.64. The Balaban J connectivity index is 1.59. The van der Waals surface area contributed by atoms with E-state index in [1.54, 1.807) is 0 Å². The SMILES string of the molecule is [CH2]C(CCN1CCOCC1)(N1CCOCC1)N1CCC[C@@H]1c1cc(F)ccc1F. The summed E-state index contributed by atoms with van der Waals surface area (Å²) in [5, 5.41) is 0. The molecule has 0 N–H and O–H groups in total. The fourth-order valence-corrected chi connectivity index (χ4v) is 4.98. The van der Waals surface area contributed by atoms with E-state index in [0.717, 1.165) is 71.7 Å². The van der Waals surface area contributed by atoms with Crippen LogP contribution in [0, 0.1) is 18.6 Å². The van der Waals surface area contributed by atoms with Crippen LogP contribution in [0.3, 0.4) is 0 Å². The Morgan fingerprint density at radius 2 is 1.69 bits per heavy atom. The highest BCUT2D eigenvalue weighted by molar-refractivity contribution is 5.24. The standard InChI is InChI=1S/C22H32F2N3O2/c1-22(26-11-15-29-16-12-26,6-8-25-9-13-28-14-10-25)27-7-2-3-21(27)19-17-18(23)4-5-20(19)24/h4-5,17,21H,1-3,6-16H2/t21-,22?/m1/s1. The minimum atomic E-state index is -0.470. The molecule has 1 aromatic carbocycles. The van der Waals surface area contributed by atoms with E-state index in [1.807, 2.05) is 0 Å². The summed E-state index contributed by atoms with van der Waals surface area (Å²) in [6.45, 7) is 12.8. The van der Waals surface area contributed by atoms with Gasteiger partial charge in [0.1, 0.15) is 11.6 Å². The molecule has 4 rings (SSSR count). The molecule has 0 aliphatic carbocycles. The van der Waals surface area contributed by atoms with Crippen LogP contribution in [0.2, 0.25) is 0 Å². The Labute approximate surface area is 172 Å². The molecular weight excluding hydrogens is 376 g/mol. The molecule has 29 heavy (non-hydrogen) atoms. The van der Waals surface area contributed by atoms with Gasteiger partial charge in [-0.25, -0.2) is 8.78 Å². The first-order chi connectivity index (χ1) is 14.1. The molecule has 0 saturated carbocycles. The van der Waals surface area contributed by atoms with E-state index in [2.05, 4.69) is 14.7 Å². The summed E-state index contributed by atoms with van der Waals surface area (Å²) in [4.78, 5) is 7.11. The predicted octanol–water partition coefficient (Wildman–Crippen LogP) is 2.69. The van der Waals surface area contributed by atoms with Gasteiger partial charge in [-0.05, 0) is 44.4 Å². The molecule has 0 spiro atoms. The lowest BCUT2D eigenvalue weighted by molar-refractivity contribution is -0.0919. The number of hydrogen-bond acceptors (Lipinski definition) is 5. The molecule has 1 aromatic rings. The van der Waals surface area contributed by atoms with Crippen LogP contribution in [-0.2, 0) is 9.47 Å². The van der Waals surface area contributed by atoms with Gasteiger partial charge in [-0.3, -0.25) is 14.7 Å². The van der Waals surface area contributed by atoms with Gasteiger partial charge in [0.15, 0.2) is 0 Å². The van der Waals surface area contributed by atoms with Crippen molar-refractivity contribution in [1.29, 1.82) is 0 Å². The van der Waals surface area contributed by atoms with E-state index in [9.17, 15) is 8.78 Å². The smallest absolute Gasteiger partial charge is 0.128 e. The molecule has 3 saturated heterocycles. The van der Waals surface area contributed by atoms with Crippen molar-refractivity contribution >= 4 is 0 Å². The van der Waals surface area contributed by atoms with Crippen molar-refractivity contribution in [3.8, 4) is 0 Å². The minimum absolute atomic E-state index is 0.157. The molecule has 1 unspecified atom stereocenters. The van der Waals surface area contributed by atoms with Crippen LogP contribution in [0.25, 0.3) is 0 Å². The number of ether oxygens (including phenoxy) is 2. The van der Waals surface area contributed by atoms with Crippen LogP contribution in [0.1, 0.15) is 30.9 Å². The first-order valence-electron chi connectivity index (χ1n) is 10.8. The van der Waals surface area contributed by atoms with E-state index in [0.29, 0.717) is 18.8 Å². The van der Waals surface area contributed by atoms with Crippen molar-refractivity contribution in [3.05, 3.63) is 42.3 Å². The number of morpholine rings is 2. The van der Waals surface area contributed by atoms with Gasteiger partial charge in [0.2, 0.25) is 0 Å². The highest BCUT2D eigenvalue weighted by Gasteiger charge is 2.45. The third kappa shape index (κ3) is 4.64. The first-order valence-corrected chi connectivity index (χ1v) is 10.8. The summed E-state index contributed by atoms with van der Waals surface area (Å²) >= 11 is 0. The maximum absolute atomic E-state index is 14.6. The summed E-state index contributed by atoms with van der Waals surface area (Å²) < 4.78 is 39.6. The van der Waals surface area contributed by atoms with E-state index >= 15 is 0 Å². The lowest BCUT2D eigenvalue weighted by Gasteiger charge is -2.51. The van der Waals surface area contributed by atoms with Gasteiger partial charge in [0, 0.05) is 50.9 Å².